The van der Waals surface area contributed by atoms with Crippen molar-refractivity contribution >= 4 is 20.8 Å². The zero-order chi connectivity index (χ0) is 5.98. The summed E-state index contributed by atoms with van der Waals surface area (Å²) < 4.78 is 2.87. The van der Waals surface area contributed by atoms with Crippen LogP contribution in [-0.4, -0.2) is 0 Å². The third-order valence-corrected chi connectivity index (χ3v) is 2.12. The fourth-order valence-corrected chi connectivity index (χ4v) is 1.47. The molecule has 0 saturated heterocycles. The average Bonchev–Trinajstić information content (AvgIpc) is 1.64. The largest absolute Gasteiger partial charge is 0.385 e. The Kier molecular flexibility index (Phi) is 1.65. The Morgan fingerprint density at radius 1 is 1.75 bits per heavy atom. The minimum absolute atomic E-state index is 0.261. The van der Waals surface area contributed by atoms with Crippen LogP contribution in [-0.2, 0) is 20.8 Å². The van der Waals surface area contributed by atoms with Gasteiger partial charge in [0.05, 0.1) is 0 Å². The summed E-state index contributed by atoms with van der Waals surface area (Å²) in [4.78, 5) is 0. The summed E-state index contributed by atoms with van der Waals surface area (Å²) in [5, 5.41) is 1.89. The topological polar surface area (TPSA) is 38.0 Å². The fraction of sp³-hybridized carbons (Fsp3) is 0. The van der Waals surface area contributed by atoms with Gasteiger partial charge < -0.3 is 10.5 Å². The summed E-state index contributed by atoms with van der Waals surface area (Å²) in [6.07, 6.45) is 3.65. The van der Waals surface area contributed by atoms with E-state index in [-0.39, 0.29) is 9.64 Å². The molecule has 0 aromatic heterocycles. The molecule has 0 spiro atoms. The highest BCUT2D eigenvalue weighted by atomic mass is 32.8. The minimum Gasteiger partial charge on any atom is -0.385 e. The van der Waals surface area contributed by atoms with Crippen LogP contribution in [0.2, 0.25) is 0 Å². The van der Waals surface area contributed by atoms with Gasteiger partial charge in [-0.05, 0) is 32.3 Å². The van der Waals surface area contributed by atoms with Gasteiger partial charge in [-0.2, -0.15) is 0 Å². The van der Waals surface area contributed by atoms with Crippen molar-refractivity contribution in [1.82, 2.24) is 4.72 Å². The highest BCUT2D eigenvalue weighted by Crippen LogP contribution is 1.92. The van der Waals surface area contributed by atoms with Gasteiger partial charge in [0.2, 0.25) is 0 Å². The lowest BCUT2D eigenvalue weighted by atomic mass is 10.5. The van der Waals surface area contributed by atoms with Gasteiger partial charge in [-0.25, -0.2) is 0 Å². The predicted octanol–water partition coefficient (Wildman–Crippen LogP) is -0.101. The molecule has 0 saturated carbocycles. The molecule has 0 aromatic carbocycles. The molecular formula is C4H6N2S2. The molecule has 1 aliphatic heterocycles. The van der Waals surface area contributed by atoms with Gasteiger partial charge >= 0.3 is 0 Å². The third-order valence-electron chi connectivity index (χ3n) is 0.696. The molecular weight excluding hydrogens is 140 g/mol. The Labute approximate surface area is 55.2 Å². The first-order chi connectivity index (χ1) is 3.79. The van der Waals surface area contributed by atoms with E-state index in [9.17, 15) is 0 Å². The summed E-state index contributed by atoms with van der Waals surface area (Å²) in [5.41, 5.74) is 5.36. The van der Waals surface area contributed by atoms with E-state index >= 15 is 0 Å². The van der Waals surface area contributed by atoms with Gasteiger partial charge in [-0.1, -0.05) is 6.08 Å². The lowest BCUT2D eigenvalue weighted by Crippen LogP contribution is -2.21. The van der Waals surface area contributed by atoms with E-state index in [1.807, 2.05) is 11.5 Å². The quantitative estimate of drug-likeness (QED) is 0.501. The molecule has 0 aromatic rings. The van der Waals surface area contributed by atoms with Crippen LogP contribution in [0.15, 0.2) is 23.4 Å². The Bertz CT molecular complexity index is 171. The summed E-state index contributed by atoms with van der Waals surface area (Å²) >= 11 is 4.88. The van der Waals surface area contributed by atoms with E-state index in [2.05, 4.69) is 4.72 Å². The molecule has 1 rings (SSSR count). The Balaban J connectivity index is 2.73. The number of nitrogens with one attached hydrogen (secondary N) is 1. The van der Waals surface area contributed by atoms with Crippen LogP contribution in [0, 0.1) is 0 Å². The van der Waals surface area contributed by atoms with E-state index in [0.717, 1.165) is 0 Å². The van der Waals surface area contributed by atoms with Crippen LogP contribution in [0.4, 0.5) is 0 Å². The molecule has 3 N–H and O–H groups in total. The normalized spacial score (nSPS) is 26.5. The second-order valence-electron chi connectivity index (χ2n) is 1.35. The average molecular weight is 146 g/mol. The molecule has 1 atom stereocenters. The standard InChI is InChI=1S/C4H6N2S2/c5-4-2-1-3-8(7)6-4/h1-3,6H,5H2. The zero-order valence-electron chi connectivity index (χ0n) is 4.13. The molecule has 0 radical (unpaired) electrons. The maximum atomic E-state index is 5.36. The Hall–Kier alpha value is -0.350. The molecule has 0 fully saturated rings. The molecule has 44 valence electrons. The first-order valence-electron chi connectivity index (χ1n) is 2.10. The van der Waals surface area contributed by atoms with Crippen LogP contribution in [0.3, 0.4) is 0 Å². The number of nitrogens with two attached hydrogens (primary N) is 1. The van der Waals surface area contributed by atoms with Gasteiger partial charge in [0.15, 0.2) is 0 Å². The van der Waals surface area contributed by atoms with Crippen molar-refractivity contribution in [1.29, 1.82) is 0 Å². The Morgan fingerprint density at radius 2 is 2.50 bits per heavy atom. The molecule has 0 aliphatic carbocycles. The van der Waals surface area contributed by atoms with Crippen molar-refractivity contribution in [3.8, 4) is 0 Å². The van der Waals surface area contributed by atoms with Crippen LogP contribution in [0.25, 0.3) is 0 Å². The summed E-state index contributed by atoms with van der Waals surface area (Å²) in [7, 11) is -0.261. The summed E-state index contributed by atoms with van der Waals surface area (Å²) in [5.74, 6) is 0.658. The van der Waals surface area contributed by atoms with Gasteiger partial charge in [0.1, 0.15) is 5.82 Å². The van der Waals surface area contributed by atoms with E-state index in [1.165, 1.54) is 0 Å². The first-order valence-corrected chi connectivity index (χ1v) is 4.31. The smallest absolute Gasteiger partial charge is 0.106 e. The summed E-state index contributed by atoms with van der Waals surface area (Å²) in [6, 6.07) is 0. The monoisotopic (exact) mass is 146 g/mol. The fourth-order valence-electron chi connectivity index (χ4n) is 0.399. The molecule has 4 heteroatoms. The summed E-state index contributed by atoms with van der Waals surface area (Å²) in [6.45, 7) is 0. The van der Waals surface area contributed by atoms with E-state index in [1.54, 1.807) is 6.08 Å². The second-order valence-corrected chi connectivity index (χ2v) is 3.50. The SMILES string of the molecule is NC1=CC=CS(=S)N1. The maximum absolute atomic E-state index is 5.36. The van der Waals surface area contributed by atoms with Crippen LogP contribution in [0.1, 0.15) is 0 Å². The predicted molar refractivity (Wildman–Crippen MR) is 39.3 cm³/mol. The lowest BCUT2D eigenvalue weighted by Gasteiger charge is -2.06. The van der Waals surface area contributed by atoms with Gasteiger partial charge in [0, 0.05) is 0 Å². The minimum atomic E-state index is -0.261. The van der Waals surface area contributed by atoms with Crippen molar-refractivity contribution in [2.45, 2.75) is 0 Å². The number of allylic oxidation sites excluding steroid dienone is 2. The molecule has 1 aliphatic rings. The van der Waals surface area contributed by atoms with Crippen LogP contribution < -0.4 is 10.5 Å². The molecule has 2 nitrogen and oxygen atoms in total. The van der Waals surface area contributed by atoms with Crippen LogP contribution in [0.5, 0.6) is 0 Å². The Morgan fingerprint density at radius 3 is 2.88 bits per heavy atom. The van der Waals surface area contributed by atoms with E-state index < -0.39 is 0 Å². The third kappa shape index (κ3) is 1.31. The van der Waals surface area contributed by atoms with Gasteiger partial charge in [-0.3, -0.25) is 0 Å². The molecule has 0 bridgehead atoms. The van der Waals surface area contributed by atoms with Crippen molar-refractivity contribution in [3.05, 3.63) is 23.4 Å². The van der Waals surface area contributed by atoms with Gasteiger partial charge in [-0.15, -0.1) is 0 Å². The van der Waals surface area contributed by atoms with Crippen LogP contribution >= 0.6 is 0 Å². The highest BCUT2D eigenvalue weighted by molar-refractivity contribution is 8.29. The molecule has 8 heavy (non-hydrogen) atoms. The van der Waals surface area contributed by atoms with Crippen molar-refractivity contribution < 1.29 is 0 Å². The van der Waals surface area contributed by atoms with E-state index in [0.29, 0.717) is 5.82 Å². The van der Waals surface area contributed by atoms with E-state index in [4.69, 9.17) is 16.9 Å². The highest BCUT2D eigenvalue weighted by Gasteiger charge is 1.92. The molecule has 1 heterocycles. The van der Waals surface area contributed by atoms with Crippen molar-refractivity contribution in [3.63, 3.8) is 0 Å². The second kappa shape index (κ2) is 2.28. The van der Waals surface area contributed by atoms with Gasteiger partial charge in [0.25, 0.3) is 0 Å². The lowest BCUT2D eigenvalue weighted by molar-refractivity contribution is 1.15. The molecule has 1 unspecified atom stereocenters. The number of rotatable bonds is 0. The number of hydrogen-bond donors (Lipinski definition) is 2. The maximum Gasteiger partial charge on any atom is 0.106 e. The zero-order valence-corrected chi connectivity index (χ0v) is 5.76. The first kappa shape index (κ1) is 5.78. The van der Waals surface area contributed by atoms with Crippen molar-refractivity contribution in [2.24, 2.45) is 5.73 Å². The number of hydrogen-bond acceptors (Lipinski definition) is 2. The van der Waals surface area contributed by atoms with Crippen molar-refractivity contribution in [2.75, 3.05) is 0 Å². The molecule has 0 amide bonds.